The summed E-state index contributed by atoms with van der Waals surface area (Å²) in [5.41, 5.74) is 1.15. The van der Waals surface area contributed by atoms with Crippen molar-refractivity contribution in [3.05, 3.63) is 70.2 Å². The van der Waals surface area contributed by atoms with E-state index < -0.39 is 16.1 Å². The van der Waals surface area contributed by atoms with Gasteiger partial charge in [0.2, 0.25) is 15.9 Å². The van der Waals surface area contributed by atoms with Gasteiger partial charge in [-0.2, -0.15) is 4.72 Å². The Labute approximate surface area is 193 Å². The highest BCUT2D eigenvalue weighted by Crippen LogP contribution is 2.25. The highest BCUT2D eigenvalue weighted by molar-refractivity contribution is 7.89. The molecule has 1 atom stereocenters. The van der Waals surface area contributed by atoms with Gasteiger partial charge in [0, 0.05) is 37.7 Å². The average Bonchev–Trinajstić information content (AvgIpc) is 2.76. The maximum Gasteiger partial charge on any atom is 0.242 e. The molecule has 1 heterocycles. The van der Waals surface area contributed by atoms with Crippen molar-refractivity contribution in [2.24, 2.45) is 0 Å². The lowest BCUT2D eigenvalue weighted by atomic mass is 10.2. The van der Waals surface area contributed by atoms with Gasteiger partial charge in [0.25, 0.3) is 0 Å². The molecule has 6 nitrogen and oxygen atoms in total. The minimum Gasteiger partial charge on any atom is -0.339 e. The van der Waals surface area contributed by atoms with E-state index in [1.54, 1.807) is 4.90 Å². The first-order valence-electron chi connectivity index (χ1n) is 9.96. The first kappa shape index (κ1) is 23.8. The van der Waals surface area contributed by atoms with Gasteiger partial charge in [-0.3, -0.25) is 9.69 Å². The zero-order chi connectivity index (χ0) is 22.4. The average molecular weight is 482 g/mol. The molecular formula is C22H25Cl2N3O3S. The molecule has 0 aromatic heterocycles. The SMILES string of the molecule is C[C@H](NS(=O)(=O)c1cc(Cl)ccc1Cl)C(=O)N1CCN(C/C=C/c2ccccc2)CC1. The van der Waals surface area contributed by atoms with E-state index in [-0.39, 0.29) is 20.8 Å². The molecule has 0 spiro atoms. The molecule has 1 aliphatic rings. The van der Waals surface area contributed by atoms with Gasteiger partial charge in [0.1, 0.15) is 4.90 Å². The topological polar surface area (TPSA) is 69.7 Å². The molecule has 1 saturated heterocycles. The van der Waals surface area contributed by atoms with Crippen LogP contribution in [0.2, 0.25) is 10.0 Å². The van der Waals surface area contributed by atoms with Crippen LogP contribution in [0.1, 0.15) is 12.5 Å². The van der Waals surface area contributed by atoms with Crippen LogP contribution in [-0.2, 0) is 14.8 Å². The predicted molar refractivity (Wildman–Crippen MR) is 125 cm³/mol. The Kier molecular flexibility index (Phi) is 8.13. The fraction of sp³-hybridized carbons (Fsp3) is 0.318. The Morgan fingerprint density at radius 3 is 2.45 bits per heavy atom. The maximum absolute atomic E-state index is 12.8. The lowest BCUT2D eigenvalue weighted by Crippen LogP contribution is -2.54. The summed E-state index contributed by atoms with van der Waals surface area (Å²) in [5, 5.41) is 0.301. The molecule has 1 amide bonds. The zero-order valence-electron chi connectivity index (χ0n) is 17.2. The molecule has 0 radical (unpaired) electrons. The van der Waals surface area contributed by atoms with Gasteiger partial charge in [-0.1, -0.05) is 65.7 Å². The van der Waals surface area contributed by atoms with Crippen molar-refractivity contribution in [1.82, 2.24) is 14.5 Å². The van der Waals surface area contributed by atoms with E-state index in [1.165, 1.54) is 25.1 Å². The van der Waals surface area contributed by atoms with Crippen LogP contribution in [0.3, 0.4) is 0 Å². The molecule has 31 heavy (non-hydrogen) atoms. The van der Waals surface area contributed by atoms with E-state index in [1.807, 2.05) is 30.3 Å². The van der Waals surface area contributed by atoms with Gasteiger partial charge in [0.15, 0.2) is 0 Å². The Hall–Kier alpha value is -1.90. The van der Waals surface area contributed by atoms with Gasteiger partial charge in [-0.15, -0.1) is 0 Å². The first-order chi connectivity index (χ1) is 14.8. The number of piperazine rings is 1. The normalized spacial score (nSPS) is 16.5. The maximum atomic E-state index is 12.8. The molecule has 166 valence electrons. The minimum atomic E-state index is -3.98. The molecule has 0 bridgehead atoms. The van der Waals surface area contributed by atoms with E-state index in [9.17, 15) is 13.2 Å². The number of benzene rings is 2. The van der Waals surface area contributed by atoms with Gasteiger partial charge in [0.05, 0.1) is 11.1 Å². The Morgan fingerprint density at radius 1 is 1.10 bits per heavy atom. The molecule has 1 N–H and O–H groups in total. The largest absolute Gasteiger partial charge is 0.339 e. The lowest BCUT2D eigenvalue weighted by Gasteiger charge is -2.35. The second-order valence-electron chi connectivity index (χ2n) is 7.36. The van der Waals surface area contributed by atoms with E-state index in [0.29, 0.717) is 13.1 Å². The third kappa shape index (κ3) is 6.54. The summed E-state index contributed by atoms with van der Waals surface area (Å²) < 4.78 is 27.7. The lowest BCUT2D eigenvalue weighted by molar-refractivity contribution is -0.134. The van der Waals surface area contributed by atoms with Crippen LogP contribution in [-0.4, -0.2) is 62.9 Å². The van der Waals surface area contributed by atoms with E-state index in [0.717, 1.165) is 25.2 Å². The van der Waals surface area contributed by atoms with Crippen LogP contribution in [0.5, 0.6) is 0 Å². The Bertz CT molecular complexity index is 1040. The fourth-order valence-corrected chi connectivity index (χ4v) is 5.32. The van der Waals surface area contributed by atoms with E-state index in [2.05, 4.69) is 21.8 Å². The summed E-state index contributed by atoms with van der Waals surface area (Å²) in [5.74, 6) is -0.263. The molecular weight excluding hydrogens is 457 g/mol. The molecule has 0 saturated carbocycles. The van der Waals surface area contributed by atoms with E-state index >= 15 is 0 Å². The smallest absolute Gasteiger partial charge is 0.242 e. The molecule has 9 heteroatoms. The third-order valence-electron chi connectivity index (χ3n) is 5.04. The fourth-order valence-electron chi connectivity index (χ4n) is 3.36. The van der Waals surface area contributed by atoms with Crippen LogP contribution < -0.4 is 4.72 Å². The summed E-state index contributed by atoms with van der Waals surface area (Å²) in [7, 11) is -3.98. The number of carbonyl (C=O) groups excluding carboxylic acids is 1. The molecule has 2 aromatic carbocycles. The highest BCUT2D eigenvalue weighted by Gasteiger charge is 2.29. The van der Waals surface area contributed by atoms with Crippen molar-refractivity contribution < 1.29 is 13.2 Å². The monoisotopic (exact) mass is 481 g/mol. The highest BCUT2D eigenvalue weighted by atomic mass is 35.5. The predicted octanol–water partition coefficient (Wildman–Crippen LogP) is 3.52. The van der Waals surface area contributed by atoms with Gasteiger partial charge < -0.3 is 4.90 Å². The quantitative estimate of drug-likeness (QED) is 0.656. The molecule has 1 aliphatic heterocycles. The molecule has 1 fully saturated rings. The number of sulfonamides is 1. The van der Waals surface area contributed by atoms with Crippen molar-refractivity contribution in [2.75, 3.05) is 32.7 Å². The van der Waals surface area contributed by atoms with Crippen LogP contribution in [0.15, 0.2) is 59.5 Å². The third-order valence-corrected chi connectivity index (χ3v) is 7.30. The van der Waals surface area contributed by atoms with Gasteiger partial charge >= 0.3 is 0 Å². The number of rotatable bonds is 7. The van der Waals surface area contributed by atoms with Crippen molar-refractivity contribution in [3.63, 3.8) is 0 Å². The zero-order valence-corrected chi connectivity index (χ0v) is 19.5. The summed E-state index contributed by atoms with van der Waals surface area (Å²) in [6, 6.07) is 13.4. The number of nitrogens with zero attached hydrogens (tertiary/aromatic N) is 2. The number of carbonyl (C=O) groups is 1. The van der Waals surface area contributed by atoms with Crippen LogP contribution in [0, 0.1) is 0 Å². The second-order valence-corrected chi connectivity index (χ2v) is 9.88. The Balaban J connectivity index is 1.52. The van der Waals surface area contributed by atoms with Crippen LogP contribution >= 0.6 is 23.2 Å². The summed E-state index contributed by atoms with van der Waals surface area (Å²) in [6.07, 6.45) is 4.19. The number of amides is 1. The minimum absolute atomic E-state index is 0.0497. The second kappa shape index (κ2) is 10.6. The summed E-state index contributed by atoms with van der Waals surface area (Å²) in [6.45, 7) is 4.87. The molecule has 0 unspecified atom stereocenters. The van der Waals surface area contributed by atoms with Crippen LogP contribution in [0.25, 0.3) is 6.08 Å². The molecule has 2 aromatic rings. The molecule has 3 rings (SSSR count). The van der Waals surface area contributed by atoms with Gasteiger partial charge in [-0.05, 0) is 30.7 Å². The van der Waals surface area contributed by atoms with Crippen molar-refractivity contribution >= 4 is 45.2 Å². The van der Waals surface area contributed by atoms with Gasteiger partial charge in [-0.25, -0.2) is 8.42 Å². The number of hydrogen-bond donors (Lipinski definition) is 1. The standard InChI is InChI=1S/C22H25Cl2N3O3S/c1-17(25-31(29,30)21-16-19(23)9-10-20(21)24)22(28)27-14-12-26(13-15-27)11-5-8-18-6-3-2-4-7-18/h2-10,16-17,25H,11-15H2,1H3/b8-5+/t17-/m0/s1. The van der Waals surface area contributed by atoms with Crippen molar-refractivity contribution in [2.45, 2.75) is 17.9 Å². The van der Waals surface area contributed by atoms with Crippen molar-refractivity contribution in [1.29, 1.82) is 0 Å². The number of halogens is 2. The van der Waals surface area contributed by atoms with E-state index in [4.69, 9.17) is 23.2 Å². The van der Waals surface area contributed by atoms with Crippen molar-refractivity contribution in [3.8, 4) is 0 Å². The number of nitrogens with one attached hydrogen (secondary N) is 1. The number of hydrogen-bond acceptors (Lipinski definition) is 4. The summed E-state index contributed by atoms with van der Waals surface area (Å²) in [4.78, 5) is 16.6. The van der Waals surface area contributed by atoms with Crippen LogP contribution in [0.4, 0.5) is 0 Å². The molecule has 0 aliphatic carbocycles. The Morgan fingerprint density at radius 2 is 1.77 bits per heavy atom. The summed E-state index contributed by atoms with van der Waals surface area (Å²) >= 11 is 11.9. The first-order valence-corrected chi connectivity index (χ1v) is 12.2.